The van der Waals surface area contributed by atoms with Gasteiger partial charge in [-0.3, -0.25) is 9.78 Å². The van der Waals surface area contributed by atoms with Crippen LogP contribution in [0.1, 0.15) is 55.3 Å². The Balaban J connectivity index is 1.30. The predicted molar refractivity (Wildman–Crippen MR) is 120 cm³/mol. The van der Waals surface area contributed by atoms with Crippen molar-refractivity contribution in [1.82, 2.24) is 9.88 Å². The van der Waals surface area contributed by atoms with E-state index in [0.717, 1.165) is 51.3 Å². The summed E-state index contributed by atoms with van der Waals surface area (Å²) >= 11 is 0. The van der Waals surface area contributed by atoms with E-state index in [1.54, 1.807) is 12.0 Å². The lowest BCUT2D eigenvalue weighted by atomic mass is 9.78. The molecule has 2 aliphatic carbocycles. The summed E-state index contributed by atoms with van der Waals surface area (Å²) < 4.78 is 50.7. The summed E-state index contributed by atoms with van der Waals surface area (Å²) in [6.45, 7) is 2.10. The maximum atomic E-state index is 13.9. The van der Waals surface area contributed by atoms with Crippen LogP contribution >= 0.6 is 0 Å². The molecular formula is C26H33F3N2O3. The molecular weight excluding hydrogens is 445 g/mol. The quantitative estimate of drug-likeness (QED) is 0.584. The van der Waals surface area contributed by atoms with Crippen molar-refractivity contribution in [2.24, 2.45) is 23.2 Å². The number of methoxy groups -OCH3 is 1. The Morgan fingerprint density at radius 1 is 1.32 bits per heavy atom. The van der Waals surface area contributed by atoms with Crippen molar-refractivity contribution in [1.29, 1.82) is 0 Å². The van der Waals surface area contributed by atoms with Crippen molar-refractivity contribution < 1.29 is 27.4 Å². The van der Waals surface area contributed by atoms with E-state index in [-0.39, 0.29) is 24.0 Å². The van der Waals surface area contributed by atoms with Gasteiger partial charge in [0, 0.05) is 51.0 Å². The van der Waals surface area contributed by atoms with Crippen LogP contribution in [0.4, 0.5) is 13.2 Å². The number of rotatable bonds is 4. The smallest absolute Gasteiger partial charge is 0.379 e. The van der Waals surface area contributed by atoms with E-state index in [1.165, 1.54) is 6.07 Å². The lowest BCUT2D eigenvalue weighted by Gasteiger charge is -2.37. The molecule has 8 heteroatoms. The number of alkyl halides is 3. The number of amides is 1. The molecule has 3 heterocycles. The molecule has 2 aliphatic heterocycles. The number of pyridine rings is 1. The maximum absolute atomic E-state index is 13.9. The van der Waals surface area contributed by atoms with Gasteiger partial charge in [-0.05, 0) is 55.6 Å². The first kappa shape index (κ1) is 23.8. The van der Waals surface area contributed by atoms with Crippen LogP contribution in [0.15, 0.2) is 24.4 Å². The summed E-state index contributed by atoms with van der Waals surface area (Å²) in [5.74, 6) is 1.17. The average molecular weight is 479 g/mol. The Morgan fingerprint density at radius 3 is 2.97 bits per heavy atom. The lowest BCUT2D eigenvalue weighted by Crippen LogP contribution is -2.46. The molecule has 4 aliphatic rings. The van der Waals surface area contributed by atoms with Gasteiger partial charge in [-0.2, -0.15) is 13.2 Å². The molecule has 0 aromatic carbocycles. The molecule has 186 valence electrons. The molecule has 5 nitrogen and oxygen atoms in total. The van der Waals surface area contributed by atoms with E-state index in [2.05, 4.69) is 17.1 Å². The molecule has 0 radical (unpaired) electrons. The second-order valence-corrected chi connectivity index (χ2v) is 10.4. The molecule has 2 saturated carbocycles. The van der Waals surface area contributed by atoms with Crippen molar-refractivity contribution in [3.8, 4) is 0 Å². The van der Waals surface area contributed by atoms with Gasteiger partial charge in [0.2, 0.25) is 5.91 Å². The first-order valence-electron chi connectivity index (χ1n) is 12.4. The van der Waals surface area contributed by atoms with Crippen molar-refractivity contribution in [3.05, 3.63) is 41.2 Å². The fraction of sp³-hybridized carbons (Fsp3) is 0.692. The number of fused-ring (bicyclic) bond motifs is 2. The van der Waals surface area contributed by atoms with E-state index in [9.17, 15) is 18.0 Å². The second kappa shape index (κ2) is 9.26. The zero-order valence-corrected chi connectivity index (χ0v) is 19.7. The number of hydrogen-bond acceptors (Lipinski definition) is 4. The third-order valence-corrected chi connectivity index (χ3v) is 8.54. The fourth-order valence-electron chi connectivity index (χ4n) is 6.75. The van der Waals surface area contributed by atoms with Crippen molar-refractivity contribution >= 4 is 5.91 Å². The van der Waals surface area contributed by atoms with E-state index in [1.807, 2.05) is 0 Å². The SMILES string of the molecule is CO[C@@H]1COCC[C@@H]1/C=C/[C@@H]1C[C@H]2CCC[C@@]2(C(=O)N2CCc3ncc(C(F)(F)F)cc3C2)C1. The Bertz CT molecular complexity index is 950. The number of halogens is 3. The summed E-state index contributed by atoms with van der Waals surface area (Å²) in [6.07, 6.45) is 7.37. The van der Waals surface area contributed by atoms with Crippen molar-refractivity contribution in [3.63, 3.8) is 0 Å². The van der Waals surface area contributed by atoms with E-state index >= 15 is 0 Å². The van der Waals surface area contributed by atoms with Crippen LogP contribution < -0.4 is 0 Å². The number of aromatic nitrogens is 1. The third-order valence-electron chi connectivity index (χ3n) is 8.54. The van der Waals surface area contributed by atoms with Crippen LogP contribution in [-0.4, -0.2) is 48.8 Å². The number of carbonyl (C=O) groups is 1. The van der Waals surface area contributed by atoms with Gasteiger partial charge in [-0.1, -0.05) is 18.6 Å². The van der Waals surface area contributed by atoms with Gasteiger partial charge in [0.25, 0.3) is 0 Å². The number of carbonyl (C=O) groups excluding carboxylic acids is 1. The molecule has 34 heavy (non-hydrogen) atoms. The Hall–Kier alpha value is -1.93. The Labute approximate surface area is 198 Å². The highest BCUT2D eigenvalue weighted by atomic mass is 19.4. The van der Waals surface area contributed by atoms with Gasteiger partial charge in [-0.25, -0.2) is 0 Å². The molecule has 1 saturated heterocycles. The van der Waals surface area contributed by atoms with Crippen molar-refractivity contribution in [2.45, 2.75) is 63.8 Å². The highest BCUT2D eigenvalue weighted by Crippen LogP contribution is 2.58. The monoisotopic (exact) mass is 478 g/mol. The molecule has 5 atom stereocenters. The molecule has 0 bridgehead atoms. The summed E-state index contributed by atoms with van der Waals surface area (Å²) in [6, 6.07) is 1.17. The van der Waals surface area contributed by atoms with E-state index in [4.69, 9.17) is 9.47 Å². The topological polar surface area (TPSA) is 51.7 Å². The highest BCUT2D eigenvalue weighted by molar-refractivity contribution is 5.84. The molecule has 3 fully saturated rings. The zero-order valence-electron chi connectivity index (χ0n) is 19.7. The molecule has 1 aromatic rings. The molecule has 0 spiro atoms. The van der Waals surface area contributed by atoms with Crippen LogP contribution in [0, 0.1) is 23.2 Å². The molecule has 0 unspecified atom stereocenters. The third kappa shape index (κ3) is 4.39. The van der Waals surface area contributed by atoms with E-state index in [0.29, 0.717) is 48.6 Å². The number of nitrogens with zero attached hydrogens (tertiary/aromatic N) is 2. The Kier molecular flexibility index (Phi) is 6.48. The number of allylic oxidation sites excluding steroid dienone is 1. The summed E-state index contributed by atoms with van der Waals surface area (Å²) in [5.41, 5.74) is 0.0811. The summed E-state index contributed by atoms with van der Waals surface area (Å²) in [4.78, 5) is 19.7. The first-order valence-corrected chi connectivity index (χ1v) is 12.4. The largest absolute Gasteiger partial charge is 0.417 e. The van der Waals surface area contributed by atoms with Gasteiger partial charge in [0.1, 0.15) is 0 Å². The molecule has 1 aromatic heterocycles. The van der Waals surface area contributed by atoms with Gasteiger partial charge in [0.15, 0.2) is 0 Å². The van der Waals surface area contributed by atoms with Crippen molar-refractivity contribution in [2.75, 3.05) is 26.9 Å². The fourth-order valence-corrected chi connectivity index (χ4v) is 6.75. The Morgan fingerprint density at radius 2 is 2.18 bits per heavy atom. The standard InChI is InChI=1S/C26H33F3N2O3/c1-33-23-16-34-10-7-18(23)5-4-17-11-20-3-2-8-25(20,13-17)24(32)31-9-6-22-19(15-31)12-21(14-30-22)26(27,28)29/h4-5,12,14,17-18,20,23H,2-3,6-11,13,15-16H2,1H3/b5-4+/t17-,18+,20-,23-,25-/m1/s1. The van der Waals surface area contributed by atoms with Gasteiger partial charge in [0.05, 0.1) is 23.7 Å². The van der Waals surface area contributed by atoms with Gasteiger partial charge in [-0.15, -0.1) is 0 Å². The second-order valence-electron chi connectivity index (χ2n) is 10.4. The van der Waals surface area contributed by atoms with Crippen LogP contribution in [0.2, 0.25) is 0 Å². The molecule has 1 amide bonds. The lowest BCUT2D eigenvalue weighted by molar-refractivity contribution is -0.144. The minimum atomic E-state index is -4.43. The predicted octanol–water partition coefficient (Wildman–Crippen LogP) is 4.79. The van der Waals surface area contributed by atoms with Gasteiger partial charge < -0.3 is 14.4 Å². The number of hydrogen-bond donors (Lipinski definition) is 0. The van der Waals surface area contributed by atoms with Crippen LogP contribution in [0.3, 0.4) is 0 Å². The van der Waals surface area contributed by atoms with Crippen LogP contribution in [0.25, 0.3) is 0 Å². The minimum absolute atomic E-state index is 0.0742. The van der Waals surface area contributed by atoms with Crippen LogP contribution in [-0.2, 0) is 33.4 Å². The highest BCUT2D eigenvalue weighted by Gasteiger charge is 2.55. The van der Waals surface area contributed by atoms with E-state index < -0.39 is 11.7 Å². The number of ether oxygens (including phenoxy) is 2. The zero-order chi connectivity index (χ0) is 23.9. The molecule has 0 N–H and O–H groups in total. The summed E-state index contributed by atoms with van der Waals surface area (Å²) in [5, 5.41) is 0. The maximum Gasteiger partial charge on any atom is 0.417 e. The summed E-state index contributed by atoms with van der Waals surface area (Å²) in [7, 11) is 1.72. The average Bonchev–Trinajstić information content (AvgIpc) is 3.39. The van der Waals surface area contributed by atoms with Crippen LogP contribution in [0.5, 0.6) is 0 Å². The normalized spacial score (nSPS) is 33.8. The van der Waals surface area contributed by atoms with Gasteiger partial charge >= 0.3 is 6.18 Å². The minimum Gasteiger partial charge on any atom is -0.379 e. The first-order chi connectivity index (χ1) is 16.3. The molecule has 5 rings (SSSR count).